The average molecular weight is 296 g/mol. The van der Waals surface area contributed by atoms with E-state index >= 15 is 0 Å². The number of anilines is 1. The van der Waals surface area contributed by atoms with Gasteiger partial charge < -0.3 is 20.5 Å². The number of urea groups is 1. The van der Waals surface area contributed by atoms with Crippen molar-refractivity contribution in [3.8, 4) is 0 Å². The highest BCUT2D eigenvalue weighted by Gasteiger charge is 2.37. The smallest absolute Gasteiger partial charge is 0.340 e. The van der Waals surface area contributed by atoms with E-state index in [4.69, 9.17) is 9.84 Å². The lowest BCUT2D eigenvalue weighted by molar-refractivity contribution is -0.0671. The summed E-state index contributed by atoms with van der Waals surface area (Å²) < 4.78 is 18.8. The molecule has 1 aliphatic carbocycles. The number of hydrogen-bond acceptors (Lipinski definition) is 3. The number of nitrogens with one attached hydrogen (secondary N) is 2. The molecule has 0 radical (unpaired) electrons. The lowest BCUT2D eigenvalue weighted by Crippen LogP contribution is -2.50. The van der Waals surface area contributed by atoms with Crippen molar-refractivity contribution in [1.29, 1.82) is 0 Å². The summed E-state index contributed by atoms with van der Waals surface area (Å²) in [5.74, 6) is -2.33. The van der Waals surface area contributed by atoms with Crippen LogP contribution in [0, 0.1) is 5.82 Å². The zero-order valence-corrected chi connectivity index (χ0v) is 11.6. The van der Waals surface area contributed by atoms with E-state index in [-0.39, 0.29) is 11.3 Å². The molecule has 1 aliphatic rings. The van der Waals surface area contributed by atoms with Gasteiger partial charge in [0.1, 0.15) is 11.4 Å². The van der Waals surface area contributed by atoms with E-state index in [0.717, 1.165) is 25.3 Å². The molecule has 0 saturated heterocycles. The van der Waals surface area contributed by atoms with E-state index < -0.39 is 23.4 Å². The van der Waals surface area contributed by atoms with Gasteiger partial charge >= 0.3 is 12.0 Å². The Kier molecular flexibility index (Phi) is 4.42. The van der Waals surface area contributed by atoms with E-state index in [9.17, 15) is 14.0 Å². The van der Waals surface area contributed by atoms with E-state index in [1.807, 2.05) is 0 Å². The van der Waals surface area contributed by atoms with E-state index in [0.29, 0.717) is 6.54 Å². The lowest BCUT2D eigenvalue weighted by Gasteiger charge is -2.40. The van der Waals surface area contributed by atoms with Crippen LogP contribution in [-0.4, -0.2) is 36.4 Å². The topological polar surface area (TPSA) is 87.7 Å². The second kappa shape index (κ2) is 6.09. The molecule has 2 amide bonds. The minimum atomic E-state index is -1.43. The standard InChI is InChI=1S/C14H17FN2O4/c1-21-14(6-3-7-14)8-16-13(20)17-10-5-2-4-9(15)11(10)12(18)19/h2,4-5H,3,6-8H2,1H3,(H,18,19)(H2,16,17,20). The fourth-order valence-electron chi connectivity index (χ4n) is 2.28. The molecule has 0 aliphatic heterocycles. The van der Waals surface area contributed by atoms with Gasteiger partial charge in [0, 0.05) is 13.7 Å². The van der Waals surface area contributed by atoms with E-state index in [1.165, 1.54) is 12.1 Å². The second-order valence-corrected chi connectivity index (χ2v) is 5.02. The van der Waals surface area contributed by atoms with Gasteiger partial charge in [-0.15, -0.1) is 0 Å². The molecule has 114 valence electrons. The highest BCUT2D eigenvalue weighted by molar-refractivity contribution is 6.00. The number of carboxylic acid groups (broad SMARTS) is 1. The van der Waals surface area contributed by atoms with Crippen molar-refractivity contribution in [3.05, 3.63) is 29.6 Å². The molecule has 1 fully saturated rings. The Morgan fingerprint density at radius 1 is 1.43 bits per heavy atom. The summed E-state index contributed by atoms with van der Waals surface area (Å²) in [6.07, 6.45) is 2.78. The highest BCUT2D eigenvalue weighted by atomic mass is 19.1. The van der Waals surface area contributed by atoms with E-state index in [1.54, 1.807) is 7.11 Å². The van der Waals surface area contributed by atoms with Crippen LogP contribution in [0.5, 0.6) is 0 Å². The van der Waals surface area contributed by atoms with Crippen molar-refractivity contribution in [2.24, 2.45) is 0 Å². The van der Waals surface area contributed by atoms with Gasteiger partial charge in [-0.3, -0.25) is 0 Å². The van der Waals surface area contributed by atoms with Crippen molar-refractivity contribution in [2.45, 2.75) is 24.9 Å². The van der Waals surface area contributed by atoms with Crippen molar-refractivity contribution in [3.63, 3.8) is 0 Å². The van der Waals surface area contributed by atoms with Crippen molar-refractivity contribution < 1.29 is 23.8 Å². The number of benzene rings is 1. The van der Waals surface area contributed by atoms with Crippen LogP contribution < -0.4 is 10.6 Å². The molecule has 2 rings (SSSR count). The Morgan fingerprint density at radius 2 is 2.14 bits per heavy atom. The minimum Gasteiger partial charge on any atom is -0.478 e. The van der Waals surface area contributed by atoms with Crippen LogP contribution in [-0.2, 0) is 4.74 Å². The van der Waals surface area contributed by atoms with Gasteiger partial charge in [-0.25, -0.2) is 14.0 Å². The summed E-state index contributed by atoms with van der Waals surface area (Å²) in [6.45, 7) is 0.326. The third-order valence-electron chi connectivity index (χ3n) is 3.74. The number of carboxylic acids is 1. The fourth-order valence-corrected chi connectivity index (χ4v) is 2.28. The first-order chi connectivity index (χ1) is 9.97. The Bertz CT molecular complexity index is 552. The molecule has 7 heteroatoms. The number of ether oxygens (including phenoxy) is 1. The molecule has 0 atom stereocenters. The first kappa shape index (κ1) is 15.2. The quantitative estimate of drug-likeness (QED) is 0.777. The summed E-state index contributed by atoms with van der Waals surface area (Å²) in [5, 5.41) is 13.9. The van der Waals surface area contributed by atoms with Crippen LogP contribution in [0.1, 0.15) is 29.6 Å². The van der Waals surface area contributed by atoms with Gasteiger partial charge in [0.15, 0.2) is 0 Å². The molecule has 1 saturated carbocycles. The molecule has 0 heterocycles. The Labute approximate surface area is 121 Å². The molecule has 3 N–H and O–H groups in total. The molecule has 0 bridgehead atoms. The maximum Gasteiger partial charge on any atom is 0.340 e. The number of aromatic carboxylic acids is 1. The van der Waals surface area contributed by atoms with Crippen LogP contribution in [0.2, 0.25) is 0 Å². The van der Waals surface area contributed by atoms with Gasteiger partial charge in [0.25, 0.3) is 0 Å². The molecular weight excluding hydrogens is 279 g/mol. The molecular formula is C14H17FN2O4. The molecule has 0 aromatic heterocycles. The number of carbonyl (C=O) groups is 2. The van der Waals surface area contributed by atoms with Crippen molar-refractivity contribution in [1.82, 2.24) is 5.32 Å². The number of carbonyl (C=O) groups excluding carboxylic acids is 1. The number of amides is 2. The molecule has 21 heavy (non-hydrogen) atoms. The second-order valence-electron chi connectivity index (χ2n) is 5.02. The van der Waals surface area contributed by atoms with Crippen LogP contribution in [0.4, 0.5) is 14.9 Å². The van der Waals surface area contributed by atoms with Gasteiger partial charge in [0.2, 0.25) is 0 Å². The number of hydrogen-bond donors (Lipinski definition) is 3. The number of rotatable bonds is 5. The molecule has 0 unspecified atom stereocenters. The SMILES string of the molecule is COC1(CNC(=O)Nc2cccc(F)c2C(=O)O)CCC1. The van der Waals surface area contributed by atoms with E-state index in [2.05, 4.69) is 10.6 Å². The minimum absolute atomic E-state index is 0.0833. The fraction of sp³-hybridized carbons (Fsp3) is 0.429. The summed E-state index contributed by atoms with van der Waals surface area (Å²) in [7, 11) is 1.59. The zero-order valence-electron chi connectivity index (χ0n) is 11.6. The van der Waals surface area contributed by atoms with Gasteiger partial charge in [-0.1, -0.05) is 6.07 Å². The van der Waals surface area contributed by atoms with Gasteiger partial charge in [-0.2, -0.15) is 0 Å². The monoisotopic (exact) mass is 296 g/mol. The molecule has 6 nitrogen and oxygen atoms in total. The maximum atomic E-state index is 13.5. The number of methoxy groups -OCH3 is 1. The Morgan fingerprint density at radius 3 is 2.67 bits per heavy atom. The lowest BCUT2D eigenvalue weighted by atomic mass is 9.80. The van der Waals surface area contributed by atoms with Gasteiger partial charge in [-0.05, 0) is 31.4 Å². The number of halogens is 1. The zero-order chi connectivity index (χ0) is 15.5. The summed E-state index contributed by atoms with van der Waals surface area (Å²) in [6, 6.07) is 3.11. The maximum absolute atomic E-state index is 13.5. The summed E-state index contributed by atoms with van der Waals surface area (Å²) in [4.78, 5) is 22.8. The van der Waals surface area contributed by atoms with Crippen LogP contribution >= 0.6 is 0 Å². The molecule has 0 spiro atoms. The Balaban J connectivity index is 2.00. The van der Waals surface area contributed by atoms with Crippen LogP contribution in [0.15, 0.2) is 18.2 Å². The third kappa shape index (κ3) is 3.30. The highest BCUT2D eigenvalue weighted by Crippen LogP contribution is 2.34. The van der Waals surface area contributed by atoms with Gasteiger partial charge in [0.05, 0.1) is 11.3 Å². The van der Waals surface area contributed by atoms with Crippen molar-refractivity contribution >= 4 is 17.7 Å². The Hall–Kier alpha value is -2.15. The first-order valence-electron chi connectivity index (χ1n) is 6.59. The largest absolute Gasteiger partial charge is 0.478 e. The normalized spacial score (nSPS) is 15.9. The van der Waals surface area contributed by atoms with Crippen molar-refractivity contribution in [2.75, 3.05) is 19.0 Å². The molecule has 1 aromatic carbocycles. The average Bonchev–Trinajstić information content (AvgIpc) is 2.37. The predicted molar refractivity (Wildman–Crippen MR) is 74.0 cm³/mol. The predicted octanol–water partition coefficient (Wildman–Crippen LogP) is 2.21. The first-order valence-corrected chi connectivity index (χ1v) is 6.59. The third-order valence-corrected chi connectivity index (χ3v) is 3.74. The van der Waals surface area contributed by atoms with Crippen LogP contribution in [0.25, 0.3) is 0 Å². The summed E-state index contributed by atoms with van der Waals surface area (Å²) in [5.41, 5.74) is -0.979. The molecule has 1 aromatic rings. The van der Waals surface area contributed by atoms with Crippen LogP contribution in [0.3, 0.4) is 0 Å². The summed E-state index contributed by atoms with van der Waals surface area (Å²) >= 11 is 0.